The summed E-state index contributed by atoms with van der Waals surface area (Å²) in [5.41, 5.74) is 1.42. The molecule has 2 aromatic carbocycles. The number of fused-ring (bicyclic) bond motifs is 3. The molecule has 162 valence electrons. The molecule has 0 spiro atoms. The average Bonchev–Trinajstić information content (AvgIpc) is 3.35. The number of hydrogen-bond acceptors (Lipinski definition) is 4. The van der Waals surface area contributed by atoms with E-state index in [1.54, 1.807) is 46.2 Å². The summed E-state index contributed by atoms with van der Waals surface area (Å²) >= 11 is 3.38. The van der Waals surface area contributed by atoms with E-state index >= 15 is 0 Å². The van der Waals surface area contributed by atoms with Crippen molar-refractivity contribution in [2.45, 2.75) is 25.4 Å². The van der Waals surface area contributed by atoms with E-state index in [0.717, 1.165) is 4.47 Å². The number of amides is 3. The van der Waals surface area contributed by atoms with Gasteiger partial charge in [-0.2, -0.15) is 5.10 Å². The van der Waals surface area contributed by atoms with Crippen molar-refractivity contribution < 1.29 is 14.4 Å². The van der Waals surface area contributed by atoms with Gasteiger partial charge < -0.3 is 10.2 Å². The minimum atomic E-state index is -0.883. The molecule has 0 aliphatic carbocycles. The first-order valence-electron chi connectivity index (χ1n) is 10.2. The van der Waals surface area contributed by atoms with Gasteiger partial charge in [-0.1, -0.05) is 24.3 Å². The van der Waals surface area contributed by atoms with E-state index in [0.29, 0.717) is 35.5 Å². The smallest absolute Gasteiger partial charge is 0.258 e. The summed E-state index contributed by atoms with van der Waals surface area (Å²) < 4.78 is 2.47. The van der Waals surface area contributed by atoms with Crippen LogP contribution in [-0.4, -0.2) is 44.6 Å². The predicted molar refractivity (Wildman–Crippen MR) is 122 cm³/mol. The van der Waals surface area contributed by atoms with Crippen LogP contribution in [0, 0.1) is 0 Å². The topological polar surface area (TPSA) is 87.5 Å². The van der Waals surface area contributed by atoms with Crippen molar-refractivity contribution >= 4 is 45.0 Å². The molecular formula is C23H20BrN5O3. The van der Waals surface area contributed by atoms with E-state index in [4.69, 9.17) is 0 Å². The lowest BCUT2D eigenvalue weighted by molar-refractivity contribution is -0.120. The van der Waals surface area contributed by atoms with Crippen LogP contribution in [0.25, 0.3) is 5.69 Å². The minimum absolute atomic E-state index is 0.0486. The normalized spacial score (nSPS) is 19.7. The maximum Gasteiger partial charge on any atom is 0.258 e. The zero-order chi connectivity index (χ0) is 22.5. The molecule has 0 radical (unpaired) electrons. The number of nitrogens with one attached hydrogen (secondary N) is 1. The molecule has 32 heavy (non-hydrogen) atoms. The van der Waals surface area contributed by atoms with Gasteiger partial charge in [-0.25, -0.2) is 4.68 Å². The Balaban J connectivity index is 1.44. The molecule has 1 unspecified atom stereocenters. The molecule has 1 aromatic heterocycles. The predicted octanol–water partition coefficient (Wildman–Crippen LogP) is 3.57. The zero-order valence-corrected chi connectivity index (χ0v) is 18.9. The first-order valence-corrected chi connectivity index (χ1v) is 11.0. The van der Waals surface area contributed by atoms with Gasteiger partial charge in [-0.15, -0.1) is 0 Å². The van der Waals surface area contributed by atoms with Gasteiger partial charge in [0, 0.05) is 12.6 Å². The third-order valence-corrected chi connectivity index (χ3v) is 6.43. The van der Waals surface area contributed by atoms with E-state index in [-0.39, 0.29) is 24.3 Å². The molecule has 3 heterocycles. The molecule has 2 aliphatic rings. The van der Waals surface area contributed by atoms with Gasteiger partial charge in [-0.05, 0) is 53.5 Å². The van der Waals surface area contributed by atoms with Crippen molar-refractivity contribution in [3.05, 3.63) is 71.0 Å². The van der Waals surface area contributed by atoms with Gasteiger partial charge in [0.2, 0.25) is 11.8 Å². The summed E-state index contributed by atoms with van der Waals surface area (Å²) in [4.78, 5) is 42.3. The summed E-state index contributed by atoms with van der Waals surface area (Å²) in [7, 11) is 0. The van der Waals surface area contributed by atoms with Gasteiger partial charge >= 0.3 is 0 Å². The molecule has 1 saturated heterocycles. The van der Waals surface area contributed by atoms with Gasteiger partial charge in [0.05, 0.1) is 33.3 Å². The number of anilines is 2. The van der Waals surface area contributed by atoms with Crippen molar-refractivity contribution in [1.82, 2.24) is 14.7 Å². The number of aromatic nitrogens is 2. The molecule has 0 bridgehead atoms. The number of halogens is 1. The first-order chi connectivity index (χ1) is 15.4. The maximum absolute atomic E-state index is 13.3. The van der Waals surface area contributed by atoms with Crippen molar-refractivity contribution in [2.24, 2.45) is 0 Å². The van der Waals surface area contributed by atoms with Crippen LogP contribution in [0.2, 0.25) is 0 Å². The second-order valence-corrected chi connectivity index (χ2v) is 8.94. The van der Waals surface area contributed by atoms with E-state index in [2.05, 4.69) is 26.3 Å². The largest absolute Gasteiger partial charge is 0.323 e. The standard InChI is InChI=1S/C23H20BrN5O3/c1-23-11-10-21(31)29(23)18-8-4-2-6-16(18)22(32)27(23)14-20(30)26-17-7-3-5-9-19(17)28-13-15(24)12-25-28/h2-9,12-13H,10-11,14H2,1H3,(H,26,30). The van der Waals surface area contributed by atoms with Gasteiger partial charge in [0.15, 0.2) is 0 Å². The highest BCUT2D eigenvalue weighted by molar-refractivity contribution is 9.10. The summed E-state index contributed by atoms with van der Waals surface area (Å²) in [5.74, 6) is -0.655. The lowest BCUT2D eigenvalue weighted by atomic mass is 9.98. The Morgan fingerprint density at radius 3 is 2.59 bits per heavy atom. The van der Waals surface area contributed by atoms with Crippen LogP contribution < -0.4 is 10.2 Å². The van der Waals surface area contributed by atoms with Crippen LogP contribution in [0.3, 0.4) is 0 Å². The molecule has 1 N–H and O–H groups in total. The van der Waals surface area contributed by atoms with Crippen LogP contribution in [0.5, 0.6) is 0 Å². The van der Waals surface area contributed by atoms with E-state index in [9.17, 15) is 14.4 Å². The van der Waals surface area contributed by atoms with Crippen molar-refractivity contribution in [2.75, 3.05) is 16.8 Å². The number of rotatable bonds is 4. The molecule has 3 aromatic rings. The first kappa shape index (κ1) is 20.4. The van der Waals surface area contributed by atoms with Crippen molar-refractivity contribution in [1.29, 1.82) is 0 Å². The van der Waals surface area contributed by atoms with Gasteiger partial charge in [-0.3, -0.25) is 19.3 Å². The molecule has 0 saturated carbocycles. The van der Waals surface area contributed by atoms with E-state index < -0.39 is 5.66 Å². The quantitative estimate of drug-likeness (QED) is 0.601. The van der Waals surface area contributed by atoms with Crippen LogP contribution >= 0.6 is 15.9 Å². The summed E-state index contributed by atoms with van der Waals surface area (Å²) in [6, 6.07) is 14.3. The Labute approximate surface area is 192 Å². The fourth-order valence-corrected chi connectivity index (χ4v) is 4.77. The number of para-hydroxylation sites is 3. The third-order valence-electron chi connectivity index (χ3n) is 6.02. The van der Waals surface area contributed by atoms with Crippen LogP contribution in [0.1, 0.15) is 30.1 Å². The molecular weight excluding hydrogens is 474 g/mol. The van der Waals surface area contributed by atoms with Gasteiger partial charge in [0.1, 0.15) is 12.2 Å². The molecule has 1 fully saturated rings. The minimum Gasteiger partial charge on any atom is -0.323 e. The number of hydrogen-bond donors (Lipinski definition) is 1. The average molecular weight is 494 g/mol. The third kappa shape index (κ3) is 3.20. The maximum atomic E-state index is 13.3. The van der Waals surface area contributed by atoms with Gasteiger partial charge in [0.25, 0.3) is 5.91 Å². The van der Waals surface area contributed by atoms with E-state index in [1.807, 2.05) is 31.2 Å². The molecule has 9 heteroatoms. The molecule has 8 nitrogen and oxygen atoms in total. The zero-order valence-electron chi connectivity index (χ0n) is 17.3. The Bertz CT molecular complexity index is 1260. The molecule has 5 rings (SSSR count). The van der Waals surface area contributed by atoms with Crippen LogP contribution in [0.15, 0.2) is 65.4 Å². The van der Waals surface area contributed by atoms with Crippen LogP contribution in [0.4, 0.5) is 11.4 Å². The lowest BCUT2D eigenvalue weighted by Crippen LogP contribution is -2.63. The molecule has 3 amide bonds. The second-order valence-electron chi connectivity index (χ2n) is 8.02. The highest BCUT2D eigenvalue weighted by Crippen LogP contribution is 2.43. The highest BCUT2D eigenvalue weighted by atomic mass is 79.9. The second kappa shape index (κ2) is 7.59. The number of benzene rings is 2. The molecule has 2 aliphatic heterocycles. The SMILES string of the molecule is CC12CCC(=O)N1c1ccccc1C(=O)N2CC(=O)Nc1ccccc1-n1cc(Br)cn1. The number of nitrogens with zero attached hydrogens (tertiary/aromatic N) is 4. The van der Waals surface area contributed by atoms with Crippen molar-refractivity contribution in [3.63, 3.8) is 0 Å². The highest BCUT2D eigenvalue weighted by Gasteiger charge is 2.53. The number of carbonyl (C=O) groups is 3. The summed E-state index contributed by atoms with van der Waals surface area (Å²) in [6.07, 6.45) is 4.25. The number of carbonyl (C=O) groups excluding carboxylic acids is 3. The van der Waals surface area contributed by atoms with Crippen molar-refractivity contribution in [3.8, 4) is 5.69 Å². The Kier molecular flexibility index (Phi) is 4.85. The summed E-state index contributed by atoms with van der Waals surface area (Å²) in [5, 5.41) is 7.19. The molecule has 1 atom stereocenters. The fourth-order valence-electron chi connectivity index (χ4n) is 4.49. The Hall–Kier alpha value is -3.46. The van der Waals surface area contributed by atoms with E-state index in [1.165, 1.54) is 4.90 Å². The Morgan fingerprint density at radius 1 is 1.12 bits per heavy atom. The van der Waals surface area contributed by atoms with Crippen LogP contribution in [-0.2, 0) is 9.59 Å². The monoisotopic (exact) mass is 493 g/mol. The Morgan fingerprint density at radius 2 is 1.84 bits per heavy atom. The lowest BCUT2D eigenvalue weighted by Gasteiger charge is -2.48. The summed E-state index contributed by atoms with van der Waals surface area (Å²) in [6.45, 7) is 1.67. The fraction of sp³-hybridized carbons (Fsp3) is 0.217.